The molecule has 1 saturated heterocycles. The molecule has 1 N–H and O–H groups in total. The van der Waals surface area contributed by atoms with Gasteiger partial charge in [0, 0.05) is 4.47 Å². The second-order valence-corrected chi connectivity index (χ2v) is 4.85. The van der Waals surface area contributed by atoms with Gasteiger partial charge in [0.15, 0.2) is 0 Å². The number of hydrogen-bond acceptors (Lipinski definition) is 3. The average Bonchev–Trinajstić information content (AvgIpc) is 2.78. The normalized spacial score (nSPS) is 24.4. The number of rotatable bonds is 2. The Hall–Kier alpha value is -0.870. The average molecular weight is 284 g/mol. The van der Waals surface area contributed by atoms with Gasteiger partial charge in [0.1, 0.15) is 5.54 Å². The zero-order valence-corrected chi connectivity index (χ0v) is 10.7. The maximum absolute atomic E-state index is 11.9. The summed E-state index contributed by atoms with van der Waals surface area (Å²) in [5, 5.41) is 3.27. The van der Waals surface area contributed by atoms with Gasteiger partial charge in [-0.05, 0) is 37.1 Å². The molecule has 3 nitrogen and oxygen atoms in total. The van der Waals surface area contributed by atoms with Crippen LogP contribution in [0.1, 0.15) is 18.4 Å². The number of carbonyl (C=O) groups is 1. The zero-order chi connectivity index (χ0) is 11.6. The molecule has 16 heavy (non-hydrogen) atoms. The van der Waals surface area contributed by atoms with Gasteiger partial charge < -0.3 is 4.74 Å². The van der Waals surface area contributed by atoms with E-state index < -0.39 is 5.54 Å². The minimum atomic E-state index is -0.654. The number of esters is 1. The van der Waals surface area contributed by atoms with Crippen molar-refractivity contribution in [3.8, 4) is 0 Å². The number of nitrogens with one attached hydrogen (secondary N) is 1. The molecule has 86 valence electrons. The number of ether oxygens (including phenoxy) is 1. The number of carbonyl (C=O) groups excluding carboxylic acids is 1. The molecule has 4 heteroatoms. The van der Waals surface area contributed by atoms with E-state index in [2.05, 4.69) is 21.2 Å². The standard InChI is InChI=1S/C12H14BrNO2/c1-16-11(15)12(6-3-7-14-12)9-4-2-5-10(13)8-9/h2,4-5,8,14H,3,6-7H2,1H3. The molecule has 0 spiro atoms. The Labute approximate surface area is 103 Å². The van der Waals surface area contributed by atoms with Crippen LogP contribution in [0, 0.1) is 0 Å². The predicted molar refractivity (Wildman–Crippen MR) is 65.1 cm³/mol. The van der Waals surface area contributed by atoms with E-state index in [0.717, 1.165) is 29.4 Å². The summed E-state index contributed by atoms with van der Waals surface area (Å²) in [4.78, 5) is 11.9. The summed E-state index contributed by atoms with van der Waals surface area (Å²) >= 11 is 3.42. The maximum Gasteiger partial charge on any atom is 0.330 e. The number of methoxy groups -OCH3 is 1. The van der Waals surface area contributed by atoms with E-state index >= 15 is 0 Å². The first-order chi connectivity index (χ1) is 7.69. The summed E-state index contributed by atoms with van der Waals surface area (Å²) in [6.45, 7) is 0.849. The molecule has 0 aromatic heterocycles. The van der Waals surface area contributed by atoms with Crippen LogP contribution in [0.15, 0.2) is 28.7 Å². The van der Waals surface area contributed by atoms with Gasteiger partial charge in [-0.15, -0.1) is 0 Å². The van der Waals surface area contributed by atoms with Crippen LogP contribution in [0.2, 0.25) is 0 Å². The highest BCUT2D eigenvalue weighted by molar-refractivity contribution is 9.10. The lowest BCUT2D eigenvalue weighted by atomic mass is 9.88. The van der Waals surface area contributed by atoms with Crippen LogP contribution in [0.3, 0.4) is 0 Å². The van der Waals surface area contributed by atoms with Crippen molar-refractivity contribution in [1.29, 1.82) is 0 Å². The van der Waals surface area contributed by atoms with Crippen LogP contribution >= 0.6 is 15.9 Å². The van der Waals surface area contributed by atoms with E-state index in [4.69, 9.17) is 4.74 Å². The van der Waals surface area contributed by atoms with Crippen molar-refractivity contribution in [2.45, 2.75) is 18.4 Å². The first kappa shape index (κ1) is 11.6. The molecule has 1 aromatic carbocycles. The highest BCUT2D eigenvalue weighted by atomic mass is 79.9. The summed E-state index contributed by atoms with van der Waals surface area (Å²) in [5.41, 5.74) is 0.310. The maximum atomic E-state index is 11.9. The molecule has 0 saturated carbocycles. The van der Waals surface area contributed by atoms with Gasteiger partial charge in [-0.2, -0.15) is 0 Å². The Kier molecular flexibility index (Phi) is 3.30. The molecule has 1 aliphatic rings. The van der Waals surface area contributed by atoms with Crippen molar-refractivity contribution >= 4 is 21.9 Å². The van der Waals surface area contributed by atoms with Gasteiger partial charge in [0.05, 0.1) is 7.11 Å². The molecule has 0 radical (unpaired) electrons. The van der Waals surface area contributed by atoms with Gasteiger partial charge in [-0.3, -0.25) is 5.32 Å². The van der Waals surface area contributed by atoms with Gasteiger partial charge in [0.25, 0.3) is 0 Å². The van der Waals surface area contributed by atoms with Crippen LogP contribution in [-0.4, -0.2) is 19.6 Å². The zero-order valence-electron chi connectivity index (χ0n) is 9.13. The smallest absolute Gasteiger partial charge is 0.330 e. The molecule has 0 bridgehead atoms. The first-order valence-corrected chi connectivity index (χ1v) is 6.08. The second-order valence-electron chi connectivity index (χ2n) is 3.94. The second kappa shape index (κ2) is 4.55. The van der Waals surface area contributed by atoms with Gasteiger partial charge >= 0.3 is 5.97 Å². The number of halogens is 1. The van der Waals surface area contributed by atoms with Crippen LogP contribution in [0.5, 0.6) is 0 Å². The van der Waals surface area contributed by atoms with Crippen molar-refractivity contribution in [2.24, 2.45) is 0 Å². The lowest BCUT2D eigenvalue weighted by Gasteiger charge is -2.27. The van der Waals surface area contributed by atoms with Crippen molar-refractivity contribution in [3.63, 3.8) is 0 Å². The van der Waals surface area contributed by atoms with E-state index in [-0.39, 0.29) is 5.97 Å². The summed E-state index contributed by atoms with van der Waals surface area (Å²) in [6, 6.07) is 7.81. The molecule has 1 unspecified atom stereocenters. The fourth-order valence-electron chi connectivity index (χ4n) is 2.21. The van der Waals surface area contributed by atoms with Crippen LogP contribution in [0.4, 0.5) is 0 Å². The van der Waals surface area contributed by atoms with Gasteiger partial charge in [-0.25, -0.2) is 4.79 Å². The topological polar surface area (TPSA) is 38.3 Å². The molecule has 1 heterocycles. The van der Waals surface area contributed by atoms with Crippen molar-refractivity contribution in [1.82, 2.24) is 5.32 Å². The predicted octanol–water partition coefficient (Wildman–Crippen LogP) is 2.20. The Morgan fingerprint density at radius 2 is 2.38 bits per heavy atom. The van der Waals surface area contributed by atoms with Crippen LogP contribution in [-0.2, 0) is 15.1 Å². The third-order valence-corrected chi connectivity index (χ3v) is 3.50. The molecular formula is C12H14BrNO2. The van der Waals surface area contributed by atoms with Gasteiger partial charge in [0.2, 0.25) is 0 Å². The summed E-state index contributed by atoms with van der Waals surface area (Å²) in [6.07, 6.45) is 1.78. The summed E-state index contributed by atoms with van der Waals surface area (Å²) in [5.74, 6) is -0.205. The van der Waals surface area contributed by atoms with Crippen molar-refractivity contribution < 1.29 is 9.53 Å². The Bertz CT molecular complexity index is 400. The first-order valence-electron chi connectivity index (χ1n) is 5.28. The molecule has 1 fully saturated rings. The highest BCUT2D eigenvalue weighted by Gasteiger charge is 2.43. The molecule has 1 atom stereocenters. The molecular weight excluding hydrogens is 270 g/mol. The van der Waals surface area contributed by atoms with Crippen molar-refractivity contribution in [3.05, 3.63) is 34.3 Å². The molecule has 1 aromatic rings. The largest absolute Gasteiger partial charge is 0.467 e. The van der Waals surface area contributed by atoms with E-state index in [1.165, 1.54) is 7.11 Å². The number of hydrogen-bond donors (Lipinski definition) is 1. The SMILES string of the molecule is COC(=O)C1(c2cccc(Br)c2)CCCN1. The quantitative estimate of drug-likeness (QED) is 0.846. The Morgan fingerprint density at radius 1 is 1.56 bits per heavy atom. The van der Waals surface area contributed by atoms with E-state index in [1.54, 1.807) is 0 Å². The van der Waals surface area contributed by atoms with E-state index in [9.17, 15) is 4.79 Å². The Balaban J connectivity index is 2.43. The third-order valence-electron chi connectivity index (χ3n) is 3.01. The molecule has 0 aliphatic carbocycles. The minimum Gasteiger partial charge on any atom is -0.467 e. The summed E-state index contributed by atoms with van der Waals surface area (Å²) < 4.78 is 5.89. The minimum absolute atomic E-state index is 0.205. The molecule has 0 amide bonds. The van der Waals surface area contributed by atoms with Crippen LogP contribution < -0.4 is 5.32 Å². The van der Waals surface area contributed by atoms with Crippen LogP contribution in [0.25, 0.3) is 0 Å². The lowest BCUT2D eigenvalue weighted by Crippen LogP contribution is -2.45. The molecule has 1 aliphatic heterocycles. The molecule has 2 rings (SSSR count). The third kappa shape index (κ3) is 1.87. The van der Waals surface area contributed by atoms with Gasteiger partial charge in [-0.1, -0.05) is 28.1 Å². The number of benzene rings is 1. The Morgan fingerprint density at radius 3 is 2.94 bits per heavy atom. The fourth-order valence-corrected chi connectivity index (χ4v) is 2.61. The summed E-state index contributed by atoms with van der Waals surface area (Å²) in [7, 11) is 1.43. The van der Waals surface area contributed by atoms with E-state index in [1.807, 2.05) is 24.3 Å². The monoisotopic (exact) mass is 283 g/mol. The van der Waals surface area contributed by atoms with E-state index in [0.29, 0.717) is 0 Å². The lowest BCUT2D eigenvalue weighted by molar-refractivity contribution is -0.148. The highest BCUT2D eigenvalue weighted by Crippen LogP contribution is 2.33. The van der Waals surface area contributed by atoms with Crippen molar-refractivity contribution in [2.75, 3.05) is 13.7 Å². The fraction of sp³-hybridized carbons (Fsp3) is 0.417.